The van der Waals surface area contributed by atoms with Crippen LogP contribution in [0, 0.1) is 0 Å². The van der Waals surface area contributed by atoms with Gasteiger partial charge in [-0.25, -0.2) is 0 Å². The molecule has 1 amide bonds. The lowest BCUT2D eigenvalue weighted by Gasteiger charge is -2.25. The molecular formula is C15H20ClF3N2O. The molecule has 124 valence electrons. The zero-order chi connectivity index (χ0) is 15.3. The summed E-state index contributed by atoms with van der Waals surface area (Å²) in [4.78, 5) is 13.7. The van der Waals surface area contributed by atoms with Crippen molar-refractivity contribution in [2.45, 2.75) is 24.9 Å². The number of nitrogens with zero attached hydrogens (tertiary/aromatic N) is 1. The molecule has 1 aliphatic rings. The van der Waals surface area contributed by atoms with Crippen LogP contribution in [0.3, 0.4) is 0 Å². The lowest BCUT2D eigenvalue weighted by atomic mass is 9.94. The first-order chi connectivity index (χ1) is 9.98. The minimum atomic E-state index is -4.42. The van der Waals surface area contributed by atoms with Crippen LogP contribution in [0.2, 0.25) is 0 Å². The molecule has 2 rings (SSSR count). The summed E-state index contributed by atoms with van der Waals surface area (Å²) in [6.07, 6.45) is -4.16. The Bertz CT molecular complexity index is 460. The predicted octanol–water partition coefficient (Wildman–Crippen LogP) is 2.97. The first-order valence-corrected chi connectivity index (χ1v) is 7.08. The largest absolute Gasteiger partial charge is 0.396 e. The van der Waals surface area contributed by atoms with Crippen molar-refractivity contribution in [2.24, 2.45) is 0 Å². The molecule has 1 heterocycles. The molecule has 7 heteroatoms. The first-order valence-electron chi connectivity index (χ1n) is 7.08. The Morgan fingerprint density at radius 2 is 1.86 bits per heavy atom. The van der Waals surface area contributed by atoms with Gasteiger partial charge < -0.3 is 10.2 Å². The van der Waals surface area contributed by atoms with Crippen LogP contribution in [-0.2, 0) is 4.79 Å². The van der Waals surface area contributed by atoms with E-state index in [1.165, 1.54) is 17.0 Å². The summed E-state index contributed by atoms with van der Waals surface area (Å²) in [6, 6.07) is 7.65. The third-order valence-corrected chi connectivity index (χ3v) is 3.67. The maximum absolute atomic E-state index is 13.2. The van der Waals surface area contributed by atoms with E-state index in [0.717, 1.165) is 13.0 Å². The van der Waals surface area contributed by atoms with Crippen LogP contribution in [0.5, 0.6) is 0 Å². The maximum atomic E-state index is 13.2. The minimum Gasteiger partial charge on any atom is -0.341 e. The fraction of sp³-hybridized carbons (Fsp3) is 0.533. The van der Waals surface area contributed by atoms with Crippen LogP contribution < -0.4 is 5.32 Å². The number of hydrogen-bond donors (Lipinski definition) is 1. The van der Waals surface area contributed by atoms with Crippen LogP contribution in [0.4, 0.5) is 13.2 Å². The van der Waals surface area contributed by atoms with Gasteiger partial charge in [0.15, 0.2) is 0 Å². The van der Waals surface area contributed by atoms with Gasteiger partial charge in [-0.15, -0.1) is 12.4 Å². The summed E-state index contributed by atoms with van der Waals surface area (Å²) < 4.78 is 39.7. The fourth-order valence-electron chi connectivity index (χ4n) is 2.51. The van der Waals surface area contributed by atoms with E-state index in [9.17, 15) is 18.0 Å². The number of rotatable bonds is 3. The summed E-state index contributed by atoms with van der Waals surface area (Å²) in [5, 5.41) is 3.13. The number of nitrogens with one attached hydrogen (secondary N) is 1. The number of alkyl halides is 3. The van der Waals surface area contributed by atoms with Crippen molar-refractivity contribution in [3.8, 4) is 0 Å². The second-order valence-corrected chi connectivity index (χ2v) is 5.19. The Morgan fingerprint density at radius 3 is 2.50 bits per heavy atom. The van der Waals surface area contributed by atoms with E-state index in [-0.39, 0.29) is 18.0 Å². The average molecular weight is 337 g/mol. The number of carbonyl (C=O) groups excluding carboxylic acids is 1. The molecule has 1 aromatic carbocycles. The lowest BCUT2D eigenvalue weighted by molar-refractivity contribution is -0.160. The van der Waals surface area contributed by atoms with Crippen LogP contribution in [0.15, 0.2) is 30.3 Å². The van der Waals surface area contributed by atoms with Crippen LogP contribution in [-0.4, -0.2) is 43.2 Å². The van der Waals surface area contributed by atoms with Crippen molar-refractivity contribution >= 4 is 18.3 Å². The molecule has 1 N–H and O–H groups in total. The Morgan fingerprint density at radius 1 is 1.18 bits per heavy atom. The van der Waals surface area contributed by atoms with Gasteiger partial charge in [-0.05, 0) is 18.5 Å². The third-order valence-electron chi connectivity index (χ3n) is 3.67. The van der Waals surface area contributed by atoms with Gasteiger partial charge in [0, 0.05) is 26.1 Å². The molecule has 22 heavy (non-hydrogen) atoms. The number of carbonyl (C=O) groups is 1. The normalized spacial score (nSPS) is 17.3. The number of amides is 1. The highest BCUT2D eigenvalue weighted by Crippen LogP contribution is 2.37. The van der Waals surface area contributed by atoms with E-state index < -0.39 is 24.4 Å². The van der Waals surface area contributed by atoms with Gasteiger partial charge in [0.05, 0.1) is 5.92 Å². The van der Waals surface area contributed by atoms with E-state index in [0.29, 0.717) is 19.6 Å². The van der Waals surface area contributed by atoms with Crippen molar-refractivity contribution in [1.82, 2.24) is 10.2 Å². The Balaban J connectivity index is 0.00000242. The Labute approximate surface area is 134 Å². The van der Waals surface area contributed by atoms with Gasteiger partial charge in [-0.1, -0.05) is 30.3 Å². The summed E-state index contributed by atoms with van der Waals surface area (Å²) in [7, 11) is 0. The van der Waals surface area contributed by atoms with Crippen molar-refractivity contribution in [3.05, 3.63) is 35.9 Å². The second kappa shape index (κ2) is 8.39. The maximum Gasteiger partial charge on any atom is 0.396 e. The summed E-state index contributed by atoms with van der Waals surface area (Å²) in [6.45, 7) is 2.42. The smallest absolute Gasteiger partial charge is 0.341 e. The van der Waals surface area contributed by atoms with Crippen molar-refractivity contribution in [2.75, 3.05) is 26.2 Å². The molecule has 1 unspecified atom stereocenters. The molecule has 1 aromatic rings. The molecule has 0 radical (unpaired) electrons. The van der Waals surface area contributed by atoms with Gasteiger partial charge >= 0.3 is 6.18 Å². The Hall–Kier alpha value is -1.27. The van der Waals surface area contributed by atoms with Gasteiger partial charge in [0.2, 0.25) is 5.91 Å². The van der Waals surface area contributed by atoms with Crippen molar-refractivity contribution in [1.29, 1.82) is 0 Å². The molecule has 0 bridgehead atoms. The van der Waals surface area contributed by atoms with Crippen LogP contribution in [0.25, 0.3) is 0 Å². The van der Waals surface area contributed by atoms with Crippen LogP contribution >= 0.6 is 12.4 Å². The average Bonchev–Trinajstić information content (AvgIpc) is 2.73. The molecule has 0 aliphatic carbocycles. The minimum absolute atomic E-state index is 0. The van der Waals surface area contributed by atoms with E-state index in [1.807, 2.05) is 0 Å². The highest BCUT2D eigenvalue weighted by molar-refractivity contribution is 5.85. The molecule has 0 aromatic heterocycles. The zero-order valence-corrected chi connectivity index (χ0v) is 12.9. The molecule has 1 fully saturated rings. The predicted molar refractivity (Wildman–Crippen MR) is 81.2 cm³/mol. The standard InChI is InChI=1S/C15H19F3N2O.ClH/c16-15(17,18)13(12-5-2-1-3-6-12)11-14(21)20-9-4-7-19-8-10-20;/h1-3,5-6,13,19H,4,7-11H2;1H. The quantitative estimate of drug-likeness (QED) is 0.920. The molecule has 0 saturated carbocycles. The van der Waals surface area contributed by atoms with Gasteiger partial charge in [0.1, 0.15) is 0 Å². The molecule has 1 saturated heterocycles. The van der Waals surface area contributed by atoms with Crippen molar-refractivity contribution in [3.63, 3.8) is 0 Å². The first kappa shape index (κ1) is 18.8. The third kappa shape index (κ3) is 5.18. The topological polar surface area (TPSA) is 32.3 Å². The monoisotopic (exact) mass is 336 g/mol. The molecule has 0 spiro atoms. The van der Waals surface area contributed by atoms with E-state index >= 15 is 0 Å². The van der Waals surface area contributed by atoms with E-state index in [1.54, 1.807) is 18.2 Å². The lowest BCUT2D eigenvalue weighted by Crippen LogP contribution is -2.37. The highest BCUT2D eigenvalue weighted by atomic mass is 35.5. The highest BCUT2D eigenvalue weighted by Gasteiger charge is 2.42. The molecule has 1 aliphatic heterocycles. The van der Waals surface area contributed by atoms with Crippen LogP contribution in [0.1, 0.15) is 24.3 Å². The summed E-state index contributed by atoms with van der Waals surface area (Å²) >= 11 is 0. The number of benzene rings is 1. The summed E-state index contributed by atoms with van der Waals surface area (Å²) in [5.74, 6) is -2.16. The molecule has 3 nitrogen and oxygen atoms in total. The van der Waals surface area contributed by atoms with Crippen molar-refractivity contribution < 1.29 is 18.0 Å². The van der Waals surface area contributed by atoms with Gasteiger partial charge in [-0.3, -0.25) is 4.79 Å². The zero-order valence-electron chi connectivity index (χ0n) is 12.1. The fourth-order valence-corrected chi connectivity index (χ4v) is 2.51. The van der Waals surface area contributed by atoms with Gasteiger partial charge in [0.25, 0.3) is 0 Å². The second-order valence-electron chi connectivity index (χ2n) is 5.19. The summed E-state index contributed by atoms with van der Waals surface area (Å²) in [5.41, 5.74) is 0.145. The molecular weight excluding hydrogens is 317 g/mol. The van der Waals surface area contributed by atoms with E-state index in [4.69, 9.17) is 0 Å². The number of halogens is 4. The number of hydrogen-bond acceptors (Lipinski definition) is 2. The van der Waals surface area contributed by atoms with Gasteiger partial charge in [-0.2, -0.15) is 13.2 Å². The SMILES string of the molecule is Cl.O=C(CC(c1ccccc1)C(F)(F)F)N1CCCNCC1. The Kier molecular flexibility index (Phi) is 7.16. The van der Waals surface area contributed by atoms with E-state index in [2.05, 4.69) is 5.32 Å². The molecule has 1 atom stereocenters.